The highest BCUT2D eigenvalue weighted by atomic mass is 127. The predicted octanol–water partition coefficient (Wildman–Crippen LogP) is 3.82. The Hall–Kier alpha value is -0.0800. The second-order valence-corrected chi connectivity index (χ2v) is 7.18. The molecule has 5 nitrogen and oxygen atoms in total. The number of hydrogen-bond acceptors (Lipinski definition) is 3. The molecule has 1 rings (SSSR count). The molecule has 0 bridgehead atoms. The number of aliphatic imine (C=N–C) groups is 1. The van der Waals surface area contributed by atoms with Crippen molar-refractivity contribution < 1.29 is 9.47 Å². The molecule has 1 aliphatic heterocycles. The molecular weight excluding hydrogens is 429 g/mol. The third kappa shape index (κ3) is 14.7. The molecule has 0 aromatic heterocycles. The summed E-state index contributed by atoms with van der Waals surface area (Å²) in [6, 6.07) is 0. The summed E-state index contributed by atoms with van der Waals surface area (Å²) in [6.45, 7) is 9.90. The van der Waals surface area contributed by atoms with Crippen LogP contribution in [0, 0.1) is 11.8 Å². The van der Waals surface area contributed by atoms with E-state index in [-0.39, 0.29) is 24.0 Å². The standard InChI is InChI=1S/C19H39N3O2.HI/c1-17(2)9-6-4-5-7-11-21-19(20-3)22-12-8-13-23-15-18-10-14-24-16-18;/h17-18H,4-16H2,1-3H3,(H2,20,21,22);1H. The van der Waals surface area contributed by atoms with Crippen LogP contribution in [-0.2, 0) is 9.47 Å². The molecule has 1 saturated heterocycles. The van der Waals surface area contributed by atoms with E-state index in [1.807, 2.05) is 7.05 Å². The smallest absolute Gasteiger partial charge is 0.190 e. The first-order valence-electron chi connectivity index (χ1n) is 9.82. The van der Waals surface area contributed by atoms with E-state index in [0.29, 0.717) is 5.92 Å². The maximum absolute atomic E-state index is 5.71. The number of ether oxygens (including phenoxy) is 2. The van der Waals surface area contributed by atoms with Crippen molar-refractivity contribution in [2.75, 3.05) is 46.6 Å². The van der Waals surface area contributed by atoms with E-state index < -0.39 is 0 Å². The zero-order chi connectivity index (χ0) is 17.5. The molecule has 0 saturated carbocycles. The maximum Gasteiger partial charge on any atom is 0.190 e. The van der Waals surface area contributed by atoms with Gasteiger partial charge in [-0.15, -0.1) is 24.0 Å². The monoisotopic (exact) mass is 469 g/mol. The van der Waals surface area contributed by atoms with Crippen LogP contribution in [0.15, 0.2) is 4.99 Å². The predicted molar refractivity (Wildman–Crippen MR) is 117 cm³/mol. The lowest BCUT2D eigenvalue weighted by Gasteiger charge is -2.12. The molecule has 1 fully saturated rings. The molecule has 1 aliphatic rings. The van der Waals surface area contributed by atoms with Gasteiger partial charge in [-0.3, -0.25) is 4.99 Å². The third-order valence-electron chi connectivity index (χ3n) is 4.36. The van der Waals surface area contributed by atoms with Gasteiger partial charge in [0.05, 0.1) is 13.2 Å². The first-order valence-corrected chi connectivity index (χ1v) is 9.82. The molecule has 0 spiro atoms. The number of halogens is 1. The molecule has 150 valence electrons. The lowest BCUT2D eigenvalue weighted by Crippen LogP contribution is -2.38. The van der Waals surface area contributed by atoms with Gasteiger partial charge in [0, 0.05) is 39.3 Å². The van der Waals surface area contributed by atoms with Gasteiger partial charge >= 0.3 is 0 Å². The minimum Gasteiger partial charge on any atom is -0.381 e. The Morgan fingerprint density at radius 3 is 2.48 bits per heavy atom. The first-order chi connectivity index (χ1) is 11.7. The number of hydrogen-bond donors (Lipinski definition) is 2. The zero-order valence-corrected chi connectivity index (χ0v) is 18.8. The van der Waals surface area contributed by atoms with Crippen LogP contribution < -0.4 is 10.6 Å². The van der Waals surface area contributed by atoms with Gasteiger partial charge in [0.15, 0.2) is 5.96 Å². The van der Waals surface area contributed by atoms with Gasteiger partial charge in [-0.2, -0.15) is 0 Å². The molecule has 0 amide bonds. The fraction of sp³-hybridized carbons (Fsp3) is 0.947. The largest absolute Gasteiger partial charge is 0.381 e. The second-order valence-electron chi connectivity index (χ2n) is 7.18. The number of rotatable bonds is 13. The van der Waals surface area contributed by atoms with Gasteiger partial charge in [0.25, 0.3) is 0 Å². The van der Waals surface area contributed by atoms with Gasteiger partial charge in [-0.05, 0) is 25.2 Å². The Morgan fingerprint density at radius 2 is 1.84 bits per heavy atom. The van der Waals surface area contributed by atoms with Crippen molar-refractivity contribution in [2.45, 2.75) is 58.8 Å². The summed E-state index contributed by atoms with van der Waals surface area (Å²) in [6.07, 6.45) is 8.72. The van der Waals surface area contributed by atoms with E-state index in [4.69, 9.17) is 9.47 Å². The van der Waals surface area contributed by atoms with Crippen LogP contribution in [0.1, 0.15) is 58.8 Å². The summed E-state index contributed by atoms with van der Waals surface area (Å²) in [4.78, 5) is 4.26. The van der Waals surface area contributed by atoms with Gasteiger partial charge < -0.3 is 20.1 Å². The number of nitrogens with zero attached hydrogens (tertiary/aromatic N) is 1. The average molecular weight is 469 g/mol. The number of nitrogens with one attached hydrogen (secondary N) is 2. The molecule has 0 aromatic rings. The van der Waals surface area contributed by atoms with Gasteiger partial charge in [-0.25, -0.2) is 0 Å². The van der Waals surface area contributed by atoms with Gasteiger partial charge in [0.2, 0.25) is 0 Å². The quantitative estimate of drug-likeness (QED) is 0.186. The van der Waals surface area contributed by atoms with Crippen molar-refractivity contribution in [3.8, 4) is 0 Å². The number of guanidine groups is 1. The Bertz CT molecular complexity index is 322. The normalized spacial score (nSPS) is 17.6. The van der Waals surface area contributed by atoms with Crippen LogP contribution in [0.25, 0.3) is 0 Å². The van der Waals surface area contributed by atoms with E-state index in [9.17, 15) is 0 Å². The fourth-order valence-electron chi connectivity index (χ4n) is 2.80. The first kappa shape index (κ1) is 24.9. The Labute approximate surface area is 172 Å². The summed E-state index contributed by atoms with van der Waals surface area (Å²) in [5.41, 5.74) is 0. The third-order valence-corrected chi connectivity index (χ3v) is 4.36. The van der Waals surface area contributed by atoms with Crippen LogP contribution in [0.3, 0.4) is 0 Å². The van der Waals surface area contributed by atoms with Crippen molar-refractivity contribution in [2.24, 2.45) is 16.8 Å². The molecule has 0 radical (unpaired) electrons. The van der Waals surface area contributed by atoms with Crippen LogP contribution in [0.2, 0.25) is 0 Å². The zero-order valence-electron chi connectivity index (χ0n) is 16.5. The Kier molecular flexibility index (Phi) is 17.3. The topological polar surface area (TPSA) is 54.9 Å². The highest BCUT2D eigenvalue weighted by Gasteiger charge is 2.15. The van der Waals surface area contributed by atoms with Crippen LogP contribution >= 0.6 is 24.0 Å². The van der Waals surface area contributed by atoms with Crippen molar-refractivity contribution >= 4 is 29.9 Å². The summed E-state index contributed by atoms with van der Waals surface area (Å²) in [7, 11) is 1.83. The Morgan fingerprint density at radius 1 is 1.12 bits per heavy atom. The van der Waals surface area contributed by atoms with Crippen molar-refractivity contribution in [1.29, 1.82) is 0 Å². The molecule has 0 aliphatic carbocycles. The van der Waals surface area contributed by atoms with Crippen LogP contribution in [0.5, 0.6) is 0 Å². The highest BCUT2D eigenvalue weighted by Crippen LogP contribution is 2.12. The van der Waals surface area contributed by atoms with Crippen LogP contribution in [0.4, 0.5) is 0 Å². The van der Waals surface area contributed by atoms with Crippen molar-refractivity contribution in [3.05, 3.63) is 0 Å². The summed E-state index contributed by atoms with van der Waals surface area (Å²) >= 11 is 0. The summed E-state index contributed by atoms with van der Waals surface area (Å²) in [5, 5.41) is 6.74. The summed E-state index contributed by atoms with van der Waals surface area (Å²) in [5.74, 6) is 2.34. The summed E-state index contributed by atoms with van der Waals surface area (Å²) < 4.78 is 11.0. The van der Waals surface area contributed by atoms with Crippen LogP contribution in [-0.4, -0.2) is 52.5 Å². The fourth-order valence-corrected chi connectivity index (χ4v) is 2.80. The minimum atomic E-state index is 0. The molecule has 1 unspecified atom stereocenters. The van der Waals surface area contributed by atoms with Gasteiger partial charge in [-0.1, -0.05) is 39.5 Å². The molecule has 1 atom stereocenters. The molecule has 25 heavy (non-hydrogen) atoms. The van der Waals surface area contributed by atoms with Crippen molar-refractivity contribution in [1.82, 2.24) is 10.6 Å². The maximum atomic E-state index is 5.71. The van der Waals surface area contributed by atoms with Crippen molar-refractivity contribution in [3.63, 3.8) is 0 Å². The van der Waals surface area contributed by atoms with Gasteiger partial charge in [0.1, 0.15) is 0 Å². The highest BCUT2D eigenvalue weighted by molar-refractivity contribution is 14.0. The van der Waals surface area contributed by atoms with E-state index in [0.717, 1.165) is 64.2 Å². The average Bonchev–Trinajstić information content (AvgIpc) is 3.08. The molecule has 0 aromatic carbocycles. The molecule has 1 heterocycles. The van der Waals surface area contributed by atoms with E-state index in [2.05, 4.69) is 29.5 Å². The second kappa shape index (κ2) is 17.3. The lowest BCUT2D eigenvalue weighted by atomic mass is 10.0. The molecule has 2 N–H and O–H groups in total. The molecular formula is C19H40IN3O2. The SMILES string of the molecule is CN=C(NCCCCCCC(C)C)NCCCOCC1CCOC1.I. The van der Waals surface area contributed by atoms with E-state index >= 15 is 0 Å². The molecule has 6 heteroatoms. The Balaban J connectivity index is 0.00000576. The number of unbranched alkanes of at least 4 members (excludes halogenated alkanes) is 3. The minimum absolute atomic E-state index is 0. The lowest BCUT2D eigenvalue weighted by molar-refractivity contribution is 0.0888. The van der Waals surface area contributed by atoms with E-state index in [1.165, 1.54) is 32.1 Å². The van der Waals surface area contributed by atoms with E-state index in [1.54, 1.807) is 0 Å².